The van der Waals surface area contributed by atoms with E-state index < -0.39 is 28.8 Å². The fourth-order valence-electron chi connectivity index (χ4n) is 0.248. The Morgan fingerprint density at radius 3 is 2.27 bits per heavy atom. The van der Waals surface area contributed by atoms with E-state index in [1.165, 1.54) is 0 Å². The second kappa shape index (κ2) is 3.82. The summed E-state index contributed by atoms with van der Waals surface area (Å²) in [7, 11) is 0.958. The van der Waals surface area contributed by atoms with Crippen molar-refractivity contribution in [2.24, 2.45) is 0 Å². The number of rotatable bonds is 3. The van der Waals surface area contributed by atoms with Gasteiger partial charge in [0.25, 0.3) is 5.78 Å². The van der Waals surface area contributed by atoms with Crippen molar-refractivity contribution in [2.45, 2.75) is 6.18 Å². The number of carbonyl (C=O) groups excluding carboxylic acids is 1. The van der Waals surface area contributed by atoms with Crippen LogP contribution in [0.4, 0.5) is 13.2 Å². The molecule has 3 nitrogen and oxygen atoms in total. The lowest BCUT2D eigenvalue weighted by molar-refractivity contribution is -0.168. The first-order valence-electron chi connectivity index (χ1n) is 2.40. The van der Waals surface area contributed by atoms with Gasteiger partial charge in [0.2, 0.25) is 0 Å². The molecule has 0 aliphatic carbocycles. The van der Waals surface area contributed by atoms with Gasteiger partial charge in [-0.15, -0.1) is 0 Å². The van der Waals surface area contributed by atoms with Gasteiger partial charge in [0.15, 0.2) is 11.1 Å². The summed E-state index contributed by atoms with van der Waals surface area (Å²) in [6.07, 6.45) is -4.92. The van der Waals surface area contributed by atoms with Crippen LogP contribution in [0.1, 0.15) is 0 Å². The van der Waals surface area contributed by atoms with Gasteiger partial charge in [-0.3, -0.25) is 8.98 Å². The molecule has 0 radical (unpaired) electrons. The second-order valence-corrected chi connectivity index (χ2v) is 2.77. The Bertz CT molecular complexity index is 176. The van der Waals surface area contributed by atoms with Gasteiger partial charge in [-0.05, 0) is 0 Å². The van der Waals surface area contributed by atoms with Crippen LogP contribution in [0.25, 0.3) is 0 Å². The van der Waals surface area contributed by atoms with Gasteiger partial charge >= 0.3 is 6.18 Å². The number of carbonyl (C=O) groups is 1. The van der Waals surface area contributed by atoms with E-state index in [-0.39, 0.29) is 0 Å². The maximum atomic E-state index is 11.4. The molecule has 0 saturated heterocycles. The molecule has 0 heterocycles. The molecule has 0 N–H and O–H groups in total. The summed E-state index contributed by atoms with van der Waals surface area (Å²) in [4.78, 5) is 10.0. The predicted octanol–water partition coefficient (Wildman–Crippen LogP) is 0.428. The summed E-state index contributed by atoms with van der Waals surface area (Å²) in [6, 6.07) is 0. The Balaban J connectivity index is 3.99. The zero-order valence-corrected chi connectivity index (χ0v) is 6.29. The standard InChI is InChI=1S/C4H5F3O3S/c1-10-11(9)2-3(8)4(5,6)7/h2H2,1H3. The molecule has 1 atom stereocenters. The molecule has 0 amide bonds. The molecule has 0 aromatic carbocycles. The van der Waals surface area contributed by atoms with Crippen LogP contribution in [0.3, 0.4) is 0 Å². The van der Waals surface area contributed by atoms with Crippen molar-refractivity contribution >= 4 is 16.9 Å². The van der Waals surface area contributed by atoms with E-state index in [9.17, 15) is 22.2 Å². The number of hydrogen-bond acceptors (Lipinski definition) is 3. The fraction of sp³-hybridized carbons (Fsp3) is 0.750. The maximum absolute atomic E-state index is 11.4. The second-order valence-electron chi connectivity index (χ2n) is 1.54. The molecule has 11 heavy (non-hydrogen) atoms. The van der Waals surface area contributed by atoms with Crippen LogP contribution in [0, 0.1) is 0 Å². The lowest BCUT2D eigenvalue weighted by Crippen LogP contribution is -2.28. The van der Waals surface area contributed by atoms with Crippen molar-refractivity contribution in [3.8, 4) is 0 Å². The van der Waals surface area contributed by atoms with Crippen LogP contribution in [-0.4, -0.2) is 29.0 Å². The van der Waals surface area contributed by atoms with Crippen LogP contribution in [0.2, 0.25) is 0 Å². The molecule has 0 aliphatic rings. The Kier molecular flexibility index (Phi) is 3.67. The molecule has 0 fully saturated rings. The monoisotopic (exact) mass is 190 g/mol. The quantitative estimate of drug-likeness (QED) is 0.648. The van der Waals surface area contributed by atoms with E-state index in [1.54, 1.807) is 0 Å². The average Bonchev–Trinajstić information content (AvgIpc) is 1.85. The number of hydrogen-bond donors (Lipinski definition) is 0. The van der Waals surface area contributed by atoms with Gasteiger partial charge in [-0.1, -0.05) is 0 Å². The SMILES string of the molecule is COS(=O)CC(=O)C(F)(F)F. The number of ketones is 1. The highest BCUT2D eigenvalue weighted by molar-refractivity contribution is 7.80. The summed E-state index contributed by atoms with van der Waals surface area (Å²) < 4.78 is 48.4. The summed E-state index contributed by atoms with van der Waals surface area (Å²) >= 11 is -2.17. The fourth-order valence-corrected chi connectivity index (χ4v) is 0.743. The third-order valence-corrected chi connectivity index (χ3v) is 1.62. The minimum atomic E-state index is -4.92. The van der Waals surface area contributed by atoms with Crippen LogP contribution in [-0.2, 0) is 20.1 Å². The van der Waals surface area contributed by atoms with Crippen molar-refractivity contribution in [3.05, 3.63) is 0 Å². The van der Waals surface area contributed by atoms with Gasteiger partial charge in [-0.2, -0.15) is 13.2 Å². The molecule has 0 rings (SSSR count). The minimum Gasteiger partial charge on any atom is -0.294 e. The van der Waals surface area contributed by atoms with E-state index in [2.05, 4.69) is 4.18 Å². The van der Waals surface area contributed by atoms with Crippen LogP contribution < -0.4 is 0 Å². The topological polar surface area (TPSA) is 43.4 Å². The molecule has 0 bridgehead atoms. The summed E-state index contributed by atoms with van der Waals surface area (Å²) in [5, 5.41) is 0. The van der Waals surface area contributed by atoms with Gasteiger partial charge in [0, 0.05) is 0 Å². The average molecular weight is 190 g/mol. The van der Waals surface area contributed by atoms with E-state index in [4.69, 9.17) is 0 Å². The summed E-state index contributed by atoms with van der Waals surface area (Å²) in [5.41, 5.74) is 0. The van der Waals surface area contributed by atoms with Crippen molar-refractivity contribution < 1.29 is 26.4 Å². The predicted molar refractivity (Wildman–Crippen MR) is 31.1 cm³/mol. The lowest BCUT2D eigenvalue weighted by Gasteiger charge is -2.02. The number of Topliss-reactive ketones (excluding diaryl/α,β-unsaturated/α-hetero) is 1. The van der Waals surface area contributed by atoms with E-state index in [0.717, 1.165) is 7.11 Å². The smallest absolute Gasteiger partial charge is 0.294 e. The Hall–Kier alpha value is -0.430. The molecule has 66 valence electrons. The highest BCUT2D eigenvalue weighted by atomic mass is 32.2. The van der Waals surface area contributed by atoms with Gasteiger partial charge in [-0.25, -0.2) is 4.21 Å². The highest BCUT2D eigenvalue weighted by Crippen LogP contribution is 2.16. The van der Waals surface area contributed by atoms with Gasteiger partial charge in [0.05, 0.1) is 7.11 Å². The number of halogens is 3. The maximum Gasteiger partial charge on any atom is 0.451 e. The van der Waals surface area contributed by atoms with Crippen molar-refractivity contribution in [2.75, 3.05) is 12.9 Å². The third kappa shape index (κ3) is 4.10. The highest BCUT2D eigenvalue weighted by Gasteiger charge is 2.39. The minimum absolute atomic E-state index is 0.958. The Morgan fingerprint density at radius 1 is 1.55 bits per heavy atom. The molecule has 0 saturated carbocycles. The first kappa shape index (κ1) is 10.6. The molecule has 0 aromatic heterocycles. The molecule has 0 aromatic rings. The molecular formula is C4H5F3O3S. The molecule has 1 unspecified atom stereocenters. The normalized spacial score (nSPS) is 14.5. The molecule has 7 heteroatoms. The third-order valence-electron chi connectivity index (χ3n) is 0.751. The van der Waals surface area contributed by atoms with E-state index in [1.807, 2.05) is 0 Å². The van der Waals surface area contributed by atoms with Crippen molar-refractivity contribution in [3.63, 3.8) is 0 Å². The zero-order chi connectivity index (χ0) is 9.07. The van der Waals surface area contributed by atoms with E-state index >= 15 is 0 Å². The van der Waals surface area contributed by atoms with Gasteiger partial charge < -0.3 is 0 Å². The van der Waals surface area contributed by atoms with Crippen LogP contribution >= 0.6 is 0 Å². The molecular weight excluding hydrogens is 185 g/mol. The summed E-state index contributed by atoms with van der Waals surface area (Å²) in [6.45, 7) is 0. The van der Waals surface area contributed by atoms with Crippen molar-refractivity contribution in [1.29, 1.82) is 0 Å². The lowest BCUT2D eigenvalue weighted by atomic mass is 10.4. The van der Waals surface area contributed by atoms with Crippen LogP contribution in [0.15, 0.2) is 0 Å². The number of alkyl halides is 3. The van der Waals surface area contributed by atoms with Crippen LogP contribution in [0.5, 0.6) is 0 Å². The van der Waals surface area contributed by atoms with Crippen molar-refractivity contribution in [1.82, 2.24) is 0 Å². The largest absolute Gasteiger partial charge is 0.451 e. The first-order valence-corrected chi connectivity index (χ1v) is 3.65. The Morgan fingerprint density at radius 2 is 2.00 bits per heavy atom. The van der Waals surface area contributed by atoms with Gasteiger partial charge in [0.1, 0.15) is 5.75 Å². The summed E-state index contributed by atoms with van der Waals surface area (Å²) in [5.74, 6) is -3.18. The Labute approximate surface area is 63.2 Å². The first-order chi connectivity index (χ1) is 4.88. The van der Waals surface area contributed by atoms with E-state index in [0.29, 0.717) is 0 Å². The molecule has 0 spiro atoms. The molecule has 0 aliphatic heterocycles. The zero-order valence-electron chi connectivity index (χ0n) is 5.47.